The van der Waals surface area contributed by atoms with Crippen LogP contribution in [-0.4, -0.2) is 54.1 Å². The van der Waals surface area contributed by atoms with Gasteiger partial charge < -0.3 is 14.7 Å². The number of likely N-dealkylation sites (N-methyl/N-ethyl adjacent to an activating group) is 1. The number of aromatic nitrogens is 2. The number of benzene rings is 1. The van der Waals surface area contributed by atoms with Gasteiger partial charge in [0.2, 0.25) is 5.95 Å². The lowest BCUT2D eigenvalue weighted by molar-refractivity contribution is 0.270. The summed E-state index contributed by atoms with van der Waals surface area (Å²) in [7, 11) is 0. The van der Waals surface area contributed by atoms with Gasteiger partial charge >= 0.3 is 0 Å². The molecule has 1 aromatic heterocycles. The predicted molar refractivity (Wildman–Crippen MR) is 93.5 cm³/mol. The maximum atomic E-state index is 4.85. The maximum absolute atomic E-state index is 4.85. The molecule has 5 nitrogen and oxygen atoms in total. The zero-order chi connectivity index (χ0) is 15.6. The summed E-state index contributed by atoms with van der Waals surface area (Å²) in [4.78, 5) is 16.4. The molecule has 2 aliphatic heterocycles. The van der Waals surface area contributed by atoms with E-state index in [2.05, 4.69) is 50.9 Å². The molecular formula is C18H23N5. The monoisotopic (exact) mass is 309 g/mol. The second-order valence-electron chi connectivity index (χ2n) is 6.17. The molecule has 1 saturated heterocycles. The number of hydrogen-bond donors (Lipinski definition) is 0. The summed E-state index contributed by atoms with van der Waals surface area (Å²) < 4.78 is 0. The molecule has 0 spiro atoms. The van der Waals surface area contributed by atoms with Crippen LogP contribution in [0.1, 0.15) is 12.5 Å². The molecule has 0 atom stereocenters. The Balaban J connectivity index is 1.56. The van der Waals surface area contributed by atoms with Crippen LogP contribution in [0.5, 0.6) is 0 Å². The standard InChI is InChI=1S/C18H23N5/c1-2-21-11-13-22(14-12-21)18-19-9-7-17(20-18)23-10-8-15-5-3-4-6-16(15)23/h3-7,9H,2,8,10-14H2,1H3. The van der Waals surface area contributed by atoms with Gasteiger partial charge in [0.1, 0.15) is 5.82 Å². The van der Waals surface area contributed by atoms with Crippen molar-refractivity contribution in [1.82, 2.24) is 14.9 Å². The lowest BCUT2D eigenvalue weighted by Gasteiger charge is -2.34. The van der Waals surface area contributed by atoms with Crippen LogP contribution in [-0.2, 0) is 6.42 Å². The highest BCUT2D eigenvalue weighted by Gasteiger charge is 2.23. The largest absolute Gasteiger partial charge is 0.338 e. The molecule has 0 unspecified atom stereocenters. The summed E-state index contributed by atoms with van der Waals surface area (Å²) in [5.74, 6) is 1.88. The average Bonchev–Trinajstić information content (AvgIpc) is 3.06. The summed E-state index contributed by atoms with van der Waals surface area (Å²) in [5, 5.41) is 0. The molecule has 0 bridgehead atoms. The second-order valence-corrected chi connectivity index (χ2v) is 6.17. The van der Waals surface area contributed by atoms with Crippen LogP contribution in [0.15, 0.2) is 36.5 Å². The van der Waals surface area contributed by atoms with Gasteiger partial charge in [0, 0.05) is 44.6 Å². The first kappa shape index (κ1) is 14.5. The third-order valence-corrected chi connectivity index (χ3v) is 4.89. The van der Waals surface area contributed by atoms with E-state index in [4.69, 9.17) is 4.98 Å². The van der Waals surface area contributed by atoms with Crippen molar-refractivity contribution in [1.29, 1.82) is 0 Å². The number of hydrogen-bond acceptors (Lipinski definition) is 5. The third kappa shape index (κ3) is 2.77. The fourth-order valence-corrected chi connectivity index (χ4v) is 3.48. The molecule has 2 aliphatic rings. The average molecular weight is 309 g/mol. The normalized spacial score (nSPS) is 18.3. The maximum Gasteiger partial charge on any atom is 0.227 e. The second kappa shape index (κ2) is 6.16. The summed E-state index contributed by atoms with van der Waals surface area (Å²) in [6.45, 7) is 8.55. The summed E-state index contributed by atoms with van der Waals surface area (Å²) in [6.07, 6.45) is 2.98. The van der Waals surface area contributed by atoms with Crippen molar-refractivity contribution in [3.8, 4) is 0 Å². The molecule has 0 N–H and O–H groups in total. The van der Waals surface area contributed by atoms with Crippen LogP contribution in [0.25, 0.3) is 0 Å². The Kier molecular flexibility index (Phi) is 3.87. The molecule has 2 aromatic rings. The smallest absolute Gasteiger partial charge is 0.227 e. The topological polar surface area (TPSA) is 35.5 Å². The Bertz CT molecular complexity index is 679. The van der Waals surface area contributed by atoms with Gasteiger partial charge in [0.05, 0.1) is 0 Å². The van der Waals surface area contributed by atoms with Crippen molar-refractivity contribution >= 4 is 17.5 Å². The minimum atomic E-state index is 0.864. The highest BCUT2D eigenvalue weighted by molar-refractivity contribution is 5.67. The van der Waals surface area contributed by atoms with Crippen molar-refractivity contribution in [2.75, 3.05) is 49.1 Å². The molecule has 23 heavy (non-hydrogen) atoms. The van der Waals surface area contributed by atoms with Crippen LogP contribution in [0.4, 0.5) is 17.5 Å². The molecule has 4 rings (SSSR count). The van der Waals surface area contributed by atoms with Crippen LogP contribution in [0.3, 0.4) is 0 Å². The number of piperazine rings is 1. The predicted octanol–water partition coefficient (Wildman–Crippen LogP) is 2.31. The van der Waals surface area contributed by atoms with E-state index in [1.807, 2.05) is 12.3 Å². The summed E-state index contributed by atoms with van der Waals surface area (Å²) in [6, 6.07) is 10.6. The lowest BCUT2D eigenvalue weighted by atomic mass is 10.2. The zero-order valence-corrected chi connectivity index (χ0v) is 13.6. The first-order chi connectivity index (χ1) is 11.3. The van der Waals surface area contributed by atoms with Gasteiger partial charge in [-0.25, -0.2) is 4.98 Å². The summed E-state index contributed by atoms with van der Waals surface area (Å²) in [5.41, 5.74) is 2.69. The zero-order valence-electron chi connectivity index (χ0n) is 13.6. The van der Waals surface area contributed by atoms with Crippen molar-refractivity contribution < 1.29 is 0 Å². The van der Waals surface area contributed by atoms with Crippen LogP contribution >= 0.6 is 0 Å². The van der Waals surface area contributed by atoms with Crippen molar-refractivity contribution in [2.24, 2.45) is 0 Å². The van der Waals surface area contributed by atoms with E-state index in [0.717, 1.165) is 57.5 Å². The van der Waals surface area contributed by atoms with Crippen molar-refractivity contribution in [3.63, 3.8) is 0 Å². The molecule has 1 aromatic carbocycles. The Morgan fingerprint density at radius 3 is 2.65 bits per heavy atom. The van der Waals surface area contributed by atoms with Gasteiger partial charge in [0.25, 0.3) is 0 Å². The van der Waals surface area contributed by atoms with Gasteiger partial charge in [-0.2, -0.15) is 4.98 Å². The minimum absolute atomic E-state index is 0.864. The molecule has 3 heterocycles. The Morgan fingerprint density at radius 2 is 1.83 bits per heavy atom. The van der Waals surface area contributed by atoms with Gasteiger partial charge in [-0.1, -0.05) is 25.1 Å². The third-order valence-electron chi connectivity index (χ3n) is 4.89. The van der Waals surface area contributed by atoms with Gasteiger partial charge in [0.15, 0.2) is 0 Å². The van der Waals surface area contributed by atoms with E-state index in [-0.39, 0.29) is 0 Å². The Labute approximate surface area is 137 Å². The Hall–Kier alpha value is -2.14. The number of nitrogens with zero attached hydrogens (tertiary/aromatic N) is 5. The molecule has 5 heteroatoms. The number of anilines is 3. The number of rotatable bonds is 3. The fourth-order valence-electron chi connectivity index (χ4n) is 3.48. The van der Waals surface area contributed by atoms with Crippen LogP contribution in [0.2, 0.25) is 0 Å². The summed E-state index contributed by atoms with van der Waals surface area (Å²) >= 11 is 0. The van der Waals surface area contributed by atoms with E-state index < -0.39 is 0 Å². The number of fused-ring (bicyclic) bond motifs is 1. The van der Waals surface area contributed by atoms with E-state index >= 15 is 0 Å². The molecule has 120 valence electrons. The van der Waals surface area contributed by atoms with Gasteiger partial charge in [-0.3, -0.25) is 0 Å². The highest BCUT2D eigenvalue weighted by Crippen LogP contribution is 2.33. The quantitative estimate of drug-likeness (QED) is 0.869. The molecule has 1 fully saturated rings. The number of para-hydroxylation sites is 1. The van der Waals surface area contributed by atoms with E-state index in [1.54, 1.807) is 0 Å². The van der Waals surface area contributed by atoms with Crippen LogP contribution in [0, 0.1) is 0 Å². The first-order valence-electron chi connectivity index (χ1n) is 8.51. The van der Waals surface area contributed by atoms with E-state index in [1.165, 1.54) is 11.3 Å². The SMILES string of the molecule is CCN1CCN(c2nccc(N3CCc4ccccc43)n2)CC1. The van der Waals surface area contributed by atoms with Crippen LogP contribution < -0.4 is 9.80 Å². The molecular weight excluding hydrogens is 286 g/mol. The molecule has 0 amide bonds. The fraction of sp³-hybridized carbons (Fsp3) is 0.444. The minimum Gasteiger partial charge on any atom is -0.338 e. The van der Waals surface area contributed by atoms with Crippen molar-refractivity contribution in [2.45, 2.75) is 13.3 Å². The van der Waals surface area contributed by atoms with E-state index in [9.17, 15) is 0 Å². The highest BCUT2D eigenvalue weighted by atomic mass is 15.3. The Morgan fingerprint density at radius 1 is 1.00 bits per heavy atom. The van der Waals surface area contributed by atoms with E-state index in [0.29, 0.717) is 0 Å². The lowest BCUT2D eigenvalue weighted by Crippen LogP contribution is -2.46. The molecule has 0 saturated carbocycles. The van der Waals surface area contributed by atoms with Crippen molar-refractivity contribution in [3.05, 3.63) is 42.1 Å². The molecule has 0 aliphatic carbocycles. The first-order valence-corrected chi connectivity index (χ1v) is 8.51. The van der Waals surface area contributed by atoms with Gasteiger partial charge in [-0.05, 0) is 30.7 Å². The van der Waals surface area contributed by atoms with Gasteiger partial charge in [-0.15, -0.1) is 0 Å². The molecule has 0 radical (unpaired) electrons.